The summed E-state index contributed by atoms with van der Waals surface area (Å²) in [5.41, 5.74) is -1.78. The molecule has 20 heavy (non-hydrogen) atoms. The topological polar surface area (TPSA) is 76.0 Å². The van der Waals surface area contributed by atoms with Gasteiger partial charge in [-0.15, -0.1) is 0 Å². The maximum Gasteiger partial charge on any atom is 0.251 e. The highest BCUT2D eigenvalue weighted by Gasteiger charge is 2.91. The van der Waals surface area contributed by atoms with Crippen LogP contribution in [0.5, 0.6) is 0 Å². The molecule has 0 aromatic carbocycles. The minimum Gasteiger partial charge on any atom is -0.360 e. The number of rotatable bonds is 1. The average molecular weight is 299 g/mol. The van der Waals surface area contributed by atoms with Crippen molar-refractivity contribution in [1.82, 2.24) is 0 Å². The summed E-state index contributed by atoms with van der Waals surface area (Å²) in [6.07, 6.45) is 3.33. The highest BCUT2D eigenvalue weighted by molar-refractivity contribution is 6.32. The Balaban J connectivity index is 1.99. The number of hydrogen-bond acceptors (Lipinski definition) is 5. The summed E-state index contributed by atoms with van der Waals surface area (Å²) in [4.78, 5) is 12.5. The second-order valence-corrected chi connectivity index (χ2v) is 6.69. The van der Waals surface area contributed by atoms with Crippen LogP contribution in [-0.2, 0) is 14.3 Å². The lowest BCUT2D eigenvalue weighted by Gasteiger charge is -2.52. The first-order valence-corrected chi connectivity index (χ1v) is 7.01. The monoisotopic (exact) mass is 298 g/mol. The molecular formula is C14H15ClO5. The smallest absolute Gasteiger partial charge is 0.251 e. The predicted molar refractivity (Wildman–Crippen MR) is 68.6 cm³/mol. The molecule has 1 spiro atoms. The number of halogens is 1. The molecule has 6 heteroatoms. The highest BCUT2D eigenvalue weighted by atomic mass is 35.5. The molecule has 5 unspecified atom stereocenters. The Hall–Kier alpha value is -0.720. The Morgan fingerprint density at radius 3 is 2.90 bits per heavy atom. The van der Waals surface area contributed by atoms with E-state index >= 15 is 0 Å². The predicted octanol–water partition coefficient (Wildman–Crippen LogP) is 0.841. The summed E-state index contributed by atoms with van der Waals surface area (Å²) in [6.45, 7) is 3.58. The molecule has 0 aromatic rings. The summed E-state index contributed by atoms with van der Waals surface area (Å²) in [5.74, 6) is -4.56. The van der Waals surface area contributed by atoms with Crippen LogP contribution in [0.1, 0.15) is 20.3 Å². The van der Waals surface area contributed by atoms with Crippen molar-refractivity contribution >= 4 is 17.4 Å². The van der Waals surface area contributed by atoms with Gasteiger partial charge in [0.2, 0.25) is 5.79 Å². The van der Waals surface area contributed by atoms with Crippen LogP contribution in [0.15, 0.2) is 22.8 Å². The zero-order valence-corrected chi connectivity index (χ0v) is 11.9. The van der Waals surface area contributed by atoms with E-state index in [1.165, 1.54) is 12.2 Å². The quantitative estimate of drug-likeness (QED) is 0.750. The van der Waals surface area contributed by atoms with Crippen LogP contribution in [0, 0.1) is 11.3 Å². The molecule has 2 N–H and O–H groups in total. The van der Waals surface area contributed by atoms with Gasteiger partial charge in [-0.25, -0.2) is 0 Å². The van der Waals surface area contributed by atoms with Gasteiger partial charge in [-0.1, -0.05) is 17.7 Å². The molecule has 5 atom stereocenters. The molecule has 1 saturated carbocycles. The van der Waals surface area contributed by atoms with Crippen molar-refractivity contribution in [3.63, 3.8) is 0 Å². The number of allylic oxidation sites excluding steroid dienone is 2. The van der Waals surface area contributed by atoms with Crippen LogP contribution in [-0.4, -0.2) is 39.8 Å². The van der Waals surface area contributed by atoms with E-state index in [1.807, 2.05) is 0 Å². The number of carbonyl (C=O) groups excluding carboxylic acids is 1. The summed E-state index contributed by atoms with van der Waals surface area (Å²) >= 11 is 6.07. The summed E-state index contributed by atoms with van der Waals surface area (Å²) in [5, 5.41) is 22.0. The molecule has 2 bridgehead atoms. The van der Waals surface area contributed by atoms with E-state index in [4.69, 9.17) is 21.1 Å². The SMILES string of the molecule is CC=C(Cl)C1=CC(=O)C23CC2C2(C)COC1(O)C3(O)O2. The third-order valence-corrected chi connectivity index (χ3v) is 5.72. The van der Waals surface area contributed by atoms with Crippen molar-refractivity contribution in [3.8, 4) is 0 Å². The van der Waals surface area contributed by atoms with Gasteiger partial charge in [0.25, 0.3) is 5.79 Å². The maximum absolute atomic E-state index is 12.5. The molecule has 2 aliphatic carbocycles. The molecule has 2 saturated heterocycles. The van der Waals surface area contributed by atoms with Crippen molar-refractivity contribution in [1.29, 1.82) is 0 Å². The molecule has 2 heterocycles. The normalized spacial score (nSPS) is 56.5. The second-order valence-electron chi connectivity index (χ2n) is 6.28. The van der Waals surface area contributed by atoms with Crippen LogP contribution in [0.2, 0.25) is 0 Å². The highest BCUT2D eigenvalue weighted by Crippen LogP contribution is 2.77. The molecule has 0 radical (unpaired) electrons. The molecule has 0 amide bonds. The molecule has 108 valence electrons. The van der Waals surface area contributed by atoms with Gasteiger partial charge in [0.15, 0.2) is 5.78 Å². The number of ketones is 1. The van der Waals surface area contributed by atoms with E-state index in [1.54, 1.807) is 13.8 Å². The number of fused-ring (bicyclic) bond motifs is 2. The van der Waals surface area contributed by atoms with Gasteiger partial charge in [0.1, 0.15) is 0 Å². The van der Waals surface area contributed by atoms with Crippen LogP contribution in [0.3, 0.4) is 0 Å². The first-order chi connectivity index (χ1) is 9.25. The van der Waals surface area contributed by atoms with E-state index in [0.29, 0.717) is 6.42 Å². The lowest BCUT2D eigenvalue weighted by atomic mass is 9.74. The largest absolute Gasteiger partial charge is 0.360 e. The lowest BCUT2D eigenvalue weighted by Crippen LogP contribution is -2.70. The molecule has 3 fully saturated rings. The molecule has 4 rings (SSSR count). The van der Waals surface area contributed by atoms with Crippen molar-refractivity contribution in [2.24, 2.45) is 11.3 Å². The Labute approximate surface area is 120 Å². The van der Waals surface area contributed by atoms with E-state index in [2.05, 4.69) is 0 Å². The Morgan fingerprint density at radius 1 is 1.55 bits per heavy atom. The second kappa shape index (κ2) is 3.20. The van der Waals surface area contributed by atoms with Gasteiger partial charge >= 0.3 is 0 Å². The summed E-state index contributed by atoms with van der Waals surface area (Å²) in [7, 11) is 0. The standard InChI is InChI=1S/C14H15ClO5/c1-3-8(15)7-4-10(16)12-5-9(12)11(2)6-19-13(7,17)14(12,18)20-11/h3-4,9,17-18H,5-6H2,1-2H3. The fourth-order valence-electron chi connectivity index (χ4n) is 4.17. The molecule has 2 aliphatic heterocycles. The average Bonchev–Trinajstić information content (AvgIpc) is 3.13. The van der Waals surface area contributed by atoms with Crippen LogP contribution >= 0.6 is 11.6 Å². The molecule has 0 aromatic heterocycles. The van der Waals surface area contributed by atoms with E-state index in [0.717, 1.165) is 0 Å². The van der Waals surface area contributed by atoms with E-state index in [9.17, 15) is 15.0 Å². The zero-order valence-electron chi connectivity index (χ0n) is 11.1. The third-order valence-electron chi connectivity index (χ3n) is 5.30. The lowest BCUT2D eigenvalue weighted by molar-refractivity contribution is -0.432. The van der Waals surface area contributed by atoms with Crippen molar-refractivity contribution in [2.75, 3.05) is 6.61 Å². The minimum absolute atomic E-state index is 0.0643. The Bertz CT molecular complexity index is 613. The fraction of sp³-hybridized carbons (Fsp3) is 0.643. The number of hydrogen-bond donors (Lipinski definition) is 2. The van der Waals surface area contributed by atoms with Crippen molar-refractivity contribution in [3.05, 3.63) is 22.8 Å². The first-order valence-electron chi connectivity index (χ1n) is 6.63. The summed E-state index contributed by atoms with van der Waals surface area (Å²) in [6, 6.07) is 0. The van der Waals surface area contributed by atoms with Gasteiger partial charge in [-0.3, -0.25) is 4.79 Å². The molecule has 5 nitrogen and oxygen atoms in total. The Morgan fingerprint density at radius 2 is 2.25 bits per heavy atom. The van der Waals surface area contributed by atoms with Gasteiger partial charge < -0.3 is 19.7 Å². The van der Waals surface area contributed by atoms with Crippen LogP contribution in [0.25, 0.3) is 0 Å². The van der Waals surface area contributed by atoms with Gasteiger partial charge in [-0.05, 0) is 26.3 Å². The Kier molecular flexibility index (Phi) is 2.08. The maximum atomic E-state index is 12.5. The van der Waals surface area contributed by atoms with Crippen molar-refractivity contribution < 1.29 is 24.5 Å². The number of ether oxygens (including phenoxy) is 2. The number of aliphatic hydroxyl groups is 2. The van der Waals surface area contributed by atoms with Crippen molar-refractivity contribution in [2.45, 2.75) is 37.4 Å². The van der Waals surface area contributed by atoms with Crippen LogP contribution in [0.4, 0.5) is 0 Å². The summed E-state index contributed by atoms with van der Waals surface area (Å²) < 4.78 is 11.3. The van der Waals surface area contributed by atoms with Gasteiger partial charge in [-0.2, -0.15) is 0 Å². The van der Waals surface area contributed by atoms with E-state index in [-0.39, 0.29) is 28.9 Å². The minimum atomic E-state index is -2.10. The zero-order chi connectivity index (χ0) is 14.6. The van der Waals surface area contributed by atoms with Gasteiger partial charge in [0, 0.05) is 16.5 Å². The fourth-order valence-corrected chi connectivity index (χ4v) is 4.35. The molecular weight excluding hydrogens is 284 g/mol. The van der Waals surface area contributed by atoms with E-state index < -0.39 is 22.6 Å². The third kappa shape index (κ3) is 1.01. The van der Waals surface area contributed by atoms with Gasteiger partial charge in [0.05, 0.1) is 17.6 Å². The first kappa shape index (κ1) is 13.0. The molecule has 4 aliphatic rings. The van der Waals surface area contributed by atoms with Crippen LogP contribution < -0.4 is 0 Å². The number of carbonyl (C=O) groups is 1.